The van der Waals surface area contributed by atoms with E-state index in [4.69, 9.17) is 0 Å². The highest BCUT2D eigenvalue weighted by atomic mass is 16.2. The molecule has 110 valence electrons. The molecule has 0 radical (unpaired) electrons. The molecule has 1 saturated heterocycles. The van der Waals surface area contributed by atoms with Crippen molar-refractivity contribution < 1.29 is 4.79 Å². The Labute approximate surface area is 118 Å². The number of carbonyl (C=O) groups excluding carboxylic acids is 1. The predicted molar refractivity (Wildman–Crippen MR) is 78.7 cm³/mol. The van der Waals surface area contributed by atoms with Crippen LogP contribution in [0.25, 0.3) is 0 Å². The SMILES string of the molecule is CCC1NC(C)N(C2CC(C)(C)CC(C)(C)C2)C1=O. The second-order valence-electron chi connectivity index (χ2n) is 8.12. The van der Waals surface area contributed by atoms with Crippen LogP contribution in [0.5, 0.6) is 0 Å². The van der Waals surface area contributed by atoms with Gasteiger partial charge in [0, 0.05) is 6.04 Å². The van der Waals surface area contributed by atoms with Gasteiger partial charge in [-0.25, -0.2) is 0 Å². The van der Waals surface area contributed by atoms with Gasteiger partial charge in [-0.2, -0.15) is 0 Å². The molecule has 2 atom stereocenters. The molecule has 0 spiro atoms. The number of nitrogens with one attached hydrogen (secondary N) is 1. The lowest BCUT2D eigenvalue weighted by molar-refractivity contribution is -0.134. The second-order valence-corrected chi connectivity index (χ2v) is 8.12. The predicted octanol–water partition coefficient (Wildman–Crippen LogP) is 3.15. The topological polar surface area (TPSA) is 32.3 Å². The summed E-state index contributed by atoms with van der Waals surface area (Å²) in [5.41, 5.74) is 0.660. The summed E-state index contributed by atoms with van der Waals surface area (Å²) in [5.74, 6) is 0.313. The summed E-state index contributed by atoms with van der Waals surface area (Å²) in [6, 6.07) is 0.424. The molecule has 0 aromatic heterocycles. The number of nitrogens with zero attached hydrogens (tertiary/aromatic N) is 1. The molecule has 19 heavy (non-hydrogen) atoms. The van der Waals surface area contributed by atoms with E-state index in [1.807, 2.05) is 0 Å². The molecule has 1 heterocycles. The van der Waals surface area contributed by atoms with Crippen molar-refractivity contribution in [1.82, 2.24) is 10.2 Å². The molecule has 0 aromatic rings. The number of amides is 1. The Morgan fingerprint density at radius 1 is 1.21 bits per heavy atom. The third kappa shape index (κ3) is 2.96. The van der Waals surface area contributed by atoms with E-state index in [1.54, 1.807) is 0 Å². The van der Waals surface area contributed by atoms with Gasteiger partial charge in [0.15, 0.2) is 0 Å². The first-order chi connectivity index (χ1) is 8.65. The van der Waals surface area contributed by atoms with Gasteiger partial charge in [-0.3, -0.25) is 10.1 Å². The molecule has 3 heteroatoms. The third-order valence-electron chi connectivity index (χ3n) is 4.75. The molecule has 2 aliphatic rings. The van der Waals surface area contributed by atoms with E-state index >= 15 is 0 Å². The van der Waals surface area contributed by atoms with Crippen LogP contribution in [0.2, 0.25) is 0 Å². The fraction of sp³-hybridized carbons (Fsp3) is 0.938. The summed E-state index contributed by atoms with van der Waals surface area (Å²) < 4.78 is 0. The Balaban J connectivity index is 2.19. The monoisotopic (exact) mass is 266 g/mol. The molecule has 1 aliphatic carbocycles. The van der Waals surface area contributed by atoms with E-state index in [2.05, 4.69) is 51.8 Å². The first kappa shape index (κ1) is 14.8. The van der Waals surface area contributed by atoms with Crippen LogP contribution in [0.1, 0.15) is 67.2 Å². The van der Waals surface area contributed by atoms with E-state index in [-0.39, 0.29) is 12.2 Å². The minimum Gasteiger partial charge on any atom is -0.323 e. The summed E-state index contributed by atoms with van der Waals surface area (Å²) in [4.78, 5) is 14.7. The Hall–Kier alpha value is -0.570. The molecule has 1 saturated carbocycles. The van der Waals surface area contributed by atoms with Crippen molar-refractivity contribution >= 4 is 5.91 Å². The number of carbonyl (C=O) groups is 1. The zero-order chi connectivity index (χ0) is 14.4. The van der Waals surface area contributed by atoms with Crippen LogP contribution < -0.4 is 5.32 Å². The smallest absolute Gasteiger partial charge is 0.241 e. The first-order valence-corrected chi connectivity index (χ1v) is 7.73. The zero-order valence-corrected chi connectivity index (χ0v) is 13.4. The molecular weight excluding hydrogens is 236 g/mol. The summed E-state index contributed by atoms with van der Waals surface area (Å²) in [5, 5.41) is 3.43. The van der Waals surface area contributed by atoms with Crippen LogP contribution >= 0.6 is 0 Å². The molecule has 1 N–H and O–H groups in total. The molecule has 0 bridgehead atoms. The third-order valence-corrected chi connectivity index (χ3v) is 4.75. The zero-order valence-electron chi connectivity index (χ0n) is 13.4. The molecular formula is C16H30N2O. The Bertz CT molecular complexity index is 346. The standard InChI is InChI=1S/C16H30N2O/c1-7-13-14(19)18(11(2)17-13)12-8-15(3,4)10-16(5,6)9-12/h11-13,17H,7-10H2,1-6H3. The lowest BCUT2D eigenvalue weighted by Gasteiger charge is -2.48. The van der Waals surface area contributed by atoms with Crippen molar-refractivity contribution in [3.8, 4) is 0 Å². The van der Waals surface area contributed by atoms with Crippen molar-refractivity contribution in [3.63, 3.8) is 0 Å². The van der Waals surface area contributed by atoms with Crippen molar-refractivity contribution in [2.24, 2.45) is 10.8 Å². The first-order valence-electron chi connectivity index (χ1n) is 7.73. The van der Waals surface area contributed by atoms with E-state index in [1.165, 1.54) is 6.42 Å². The Kier molecular flexibility index (Phi) is 3.72. The van der Waals surface area contributed by atoms with Crippen LogP contribution in [0, 0.1) is 10.8 Å². The highest BCUT2D eigenvalue weighted by molar-refractivity contribution is 5.84. The quantitative estimate of drug-likeness (QED) is 0.832. The van der Waals surface area contributed by atoms with Crippen molar-refractivity contribution in [2.45, 2.75) is 85.5 Å². The summed E-state index contributed by atoms with van der Waals surface area (Å²) in [6.07, 6.45) is 4.58. The minimum atomic E-state index is 0.0307. The molecule has 2 unspecified atom stereocenters. The fourth-order valence-electron chi connectivity index (χ4n) is 4.59. The maximum absolute atomic E-state index is 12.5. The summed E-state index contributed by atoms with van der Waals surface area (Å²) >= 11 is 0. The van der Waals surface area contributed by atoms with Crippen LogP contribution in [0.3, 0.4) is 0 Å². The lowest BCUT2D eigenvalue weighted by Crippen LogP contribution is -2.50. The maximum Gasteiger partial charge on any atom is 0.241 e. The van der Waals surface area contributed by atoms with Gasteiger partial charge in [0.2, 0.25) is 5.91 Å². The van der Waals surface area contributed by atoms with Gasteiger partial charge < -0.3 is 4.90 Å². The lowest BCUT2D eigenvalue weighted by atomic mass is 9.63. The Morgan fingerprint density at radius 3 is 2.16 bits per heavy atom. The molecule has 3 nitrogen and oxygen atoms in total. The molecule has 0 aromatic carbocycles. The van der Waals surface area contributed by atoms with Crippen LogP contribution in [0.4, 0.5) is 0 Å². The van der Waals surface area contributed by atoms with Gasteiger partial charge in [0.05, 0.1) is 12.2 Å². The Morgan fingerprint density at radius 2 is 1.74 bits per heavy atom. The summed E-state index contributed by atoms with van der Waals surface area (Å²) in [6.45, 7) is 13.6. The normalized spacial score (nSPS) is 34.8. The van der Waals surface area contributed by atoms with E-state index in [0.717, 1.165) is 19.3 Å². The van der Waals surface area contributed by atoms with Gasteiger partial charge in [-0.15, -0.1) is 0 Å². The average Bonchev–Trinajstić information content (AvgIpc) is 2.48. The van der Waals surface area contributed by atoms with Crippen molar-refractivity contribution in [2.75, 3.05) is 0 Å². The van der Waals surface area contributed by atoms with Crippen LogP contribution in [0.15, 0.2) is 0 Å². The van der Waals surface area contributed by atoms with Crippen LogP contribution in [-0.4, -0.2) is 29.1 Å². The molecule has 1 aliphatic heterocycles. The minimum absolute atomic E-state index is 0.0307. The van der Waals surface area contributed by atoms with Gasteiger partial charge in [-0.05, 0) is 43.4 Å². The molecule has 2 fully saturated rings. The molecule has 2 rings (SSSR count). The van der Waals surface area contributed by atoms with Crippen molar-refractivity contribution in [3.05, 3.63) is 0 Å². The van der Waals surface area contributed by atoms with Crippen molar-refractivity contribution in [1.29, 1.82) is 0 Å². The van der Waals surface area contributed by atoms with Gasteiger partial charge in [-0.1, -0.05) is 34.6 Å². The van der Waals surface area contributed by atoms with E-state index in [9.17, 15) is 4.79 Å². The summed E-state index contributed by atoms with van der Waals surface area (Å²) in [7, 11) is 0. The van der Waals surface area contributed by atoms with Gasteiger partial charge >= 0.3 is 0 Å². The van der Waals surface area contributed by atoms with Gasteiger partial charge in [0.25, 0.3) is 0 Å². The average molecular weight is 266 g/mol. The van der Waals surface area contributed by atoms with Crippen LogP contribution in [-0.2, 0) is 4.79 Å². The second kappa shape index (κ2) is 4.76. The maximum atomic E-state index is 12.5. The fourth-order valence-corrected chi connectivity index (χ4v) is 4.59. The molecule has 1 amide bonds. The highest BCUT2D eigenvalue weighted by Gasteiger charge is 2.46. The highest BCUT2D eigenvalue weighted by Crippen LogP contribution is 2.47. The van der Waals surface area contributed by atoms with Gasteiger partial charge in [0.1, 0.15) is 0 Å². The largest absolute Gasteiger partial charge is 0.323 e. The van der Waals surface area contributed by atoms with E-state index < -0.39 is 0 Å². The number of hydrogen-bond acceptors (Lipinski definition) is 2. The number of hydrogen-bond donors (Lipinski definition) is 1. The van der Waals surface area contributed by atoms with E-state index in [0.29, 0.717) is 22.8 Å². The number of rotatable bonds is 2.